The van der Waals surface area contributed by atoms with E-state index in [9.17, 15) is 97.1 Å². The van der Waals surface area contributed by atoms with Gasteiger partial charge < -0.3 is 111 Å². The Balaban J connectivity index is 2.15. The van der Waals surface area contributed by atoms with Crippen molar-refractivity contribution in [2.75, 3.05) is 51.0 Å². The number of aromatic nitrogens is 1. The number of amides is 15. The molecule has 0 saturated carbocycles. The molecule has 15 amide bonds. The van der Waals surface area contributed by atoms with Gasteiger partial charge in [-0.05, 0) is 79.7 Å². The lowest BCUT2D eigenvalue weighted by atomic mass is 9.99. The first kappa shape index (κ1) is 94.9. The zero-order valence-corrected chi connectivity index (χ0v) is 65.1. The van der Waals surface area contributed by atoms with Gasteiger partial charge in [0.25, 0.3) is 0 Å². The summed E-state index contributed by atoms with van der Waals surface area (Å²) in [5, 5.41) is 76.1. The normalized spacial score (nSPS) is 15.0. The van der Waals surface area contributed by atoms with E-state index in [-0.39, 0.29) is 67.3 Å². The fraction of sp³-hybridized carbons (Fsp3) is 0.652. The molecule has 0 bridgehead atoms. The largest absolute Gasteiger partial charge is 0.480 e. The maximum atomic E-state index is 14.2. The van der Waals surface area contributed by atoms with Gasteiger partial charge in [0, 0.05) is 35.0 Å². The number of para-hydroxylation sites is 1. The number of hydrogen-bond acceptors (Lipinski definition) is 22. The fourth-order valence-corrected chi connectivity index (χ4v) is 11.1. The van der Waals surface area contributed by atoms with Crippen molar-refractivity contribution >= 4 is 131 Å². The molecule has 2 aromatic rings. The molecule has 0 radical (unpaired) electrons. The number of carboxylic acids is 1. The summed E-state index contributed by atoms with van der Waals surface area (Å²) in [6.45, 7) is 17.0. The number of carbonyl (C=O) groups excluding carboxylic acids is 15. The summed E-state index contributed by atoms with van der Waals surface area (Å²) >= 11 is 8.44. The maximum absolute atomic E-state index is 14.2. The Morgan fingerprint density at radius 2 is 0.731 bits per heavy atom. The average Bonchev–Trinajstić information content (AvgIpc) is 1.17. The van der Waals surface area contributed by atoms with Crippen molar-refractivity contribution in [1.29, 1.82) is 0 Å². The number of nitrogens with two attached hydrogens (primary N) is 1. The van der Waals surface area contributed by atoms with Crippen LogP contribution in [0.2, 0.25) is 0 Å². The van der Waals surface area contributed by atoms with Crippen LogP contribution in [0.3, 0.4) is 0 Å². The van der Waals surface area contributed by atoms with E-state index in [0.717, 1.165) is 0 Å². The Morgan fingerprint density at radius 3 is 1.18 bits per heavy atom. The summed E-state index contributed by atoms with van der Waals surface area (Å²) in [7, 11) is 0. The highest BCUT2D eigenvalue weighted by Gasteiger charge is 2.37. The third kappa shape index (κ3) is 33.1. The van der Waals surface area contributed by atoms with Crippen LogP contribution >= 0.6 is 25.3 Å². The summed E-state index contributed by atoms with van der Waals surface area (Å²) in [6, 6.07) is -11.0. The molecule has 37 nitrogen and oxygen atoms in total. The summed E-state index contributed by atoms with van der Waals surface area (Å²) in [5.41, 5.74) is 6.77. The number of aliphatic hydroxyl groups excluding tert-OH is 3. The summed E-state index contributed by atoms with van der Waals surface area (Å²) in [6.07, 6.45) is 1.51. The number of carboxylic acid groups (broad SMARTS) is 1. The van der Waals surface area contributed by atoms with Crippen molar-refractivity contribution in [3.8, 4) is 0 Å². The molecule has 1 aromatic heterocycles. The molecular formula is C69H113N17O20S2. The highest BCUT2D eigenvalue weighted by molar-refractivity contribution is 7.80. The van der Waals surface area contributed by atoms with Gasteiger partial charge in [-0.3, -0.25) is 71.9 Å². The number of H-pyrrole nitrogens is 1. The standard InChI is InChI=1S/C69H113N17O20S2/c1-32(2)18-43(59(95)73-26-54(92)85-56(37(11)12)68(104)81-47(22-39-23-71-42-17-15-14-16-40(39)42)63(99)82-48(28-88)64(100)79-45(20-34(5)6)61(97)83-49(29-89)69(105)106)76-52(90)24-72-57(93)38(13)75-65(101)51(31-108)84-62(98)46(21-35(7)8)78-60(96)44(19-33(3)4)80-66(102)50(30-107)77-53(91)25-74-67(103)55(36(9)10)86-58(94)41(70)27-87/h14-17,23,32-38,41,43-51,55-56,71,87-89,107-108H,18-22,24-31,70H2,1-13H3,(H,72,93)(H,73,95)(H,74,103)(H,75,101)(H,76,90)(H,77,91)(H,78,96)(H,79,100)(H,80,102)(H,81,104)(H,82,99)(H,83,97)(H,84,98)(H,85,92)(H,86,94)(H,105,106)/t38-,41-,43-,44-,45-,46-,47-,48-,49-,50-,51-,55-,56-/m0/s1. The first-order valence-electron chi connectivity index (χ1n) is 35.6. The van der Waals surface area contributed by atoms with Crippen molar-refractivity contribution in [3.05, 3.63) is 36.0 Å². The first-order valence-corrected chi connectivity index (χ1v) is 36.9. The Hall–Kier alpha value is -9.18. The van der Waals surface area contributed by atoms with Gasteiger partial charge in [-0.15, -0.1) is 0 Å². The molecule has 1 aromatic carbocycles. The van der Waals surface area contributed by atoms with Gasteiger partial charge in [-0.1, -0.05) is 101 Å². The first-order chi connectivity index (χ1) is 50.6. The molecule has 1 heterocycles. The number of benzene rings is 1. The van der Waals surface area contributed by atoms with Crippen molar-refractivity contribution in [1.82, 2.24) is 84.7 Å². The lowest BCUT2D eigenvalue weighted by Gasteiger charge is -2.28. The number of thiol groups is 2. The van der Waals surface area contributed by atoms with Crippen LogP contribution in [0.5, 0.6) is 0 Å². The molecule has 0 aliphatic heterocycles. The predicted molar refractivity (Wildman–Crippen MR) is 402 cm³/mol. The number of rotatable bonds is 48. The van der Waals surface area contributed by atoms with Crippen LogP contribution in [0.4, 0.5) is 0 Å². The minimum atomic E-state index is -1.72. The number of nitrogens with one attached hydrogen (secondary N) is 16. The van der Waals surface area contributed by atoms with E-state index in [0.29, 0.717) is 16.5 Å². The molecular weight excluding hydrogens is 1450 g/mol. The van der Waals surface area contributed by atoms with E-state index < -0.39 is 224 Å². The number of aliphatic hydroxyl groups is 3. The number of aromatic amines is 1. The highest BCUT2D eigenvalue weighted by Crippen LogP contribution is 2.20. The number of fused-ring (bicyclic) bond motifs is 1. The molecule has 0 aliphatic carbocycles. The van der Waals surface area contributed by atoms with E-state index >= 15 is 0 Å². The highest BCUT2D eigenvalue weighted by atomic mass is 32.1. The molecule has 0 fully saturated rings. The second kappa shape index (κ2) is 47.6. The van der Waals surface area contributed by atoms with Crippen molar-refractivity contribution in [2.45, 2.75) is 201 Å². The minimum Gasteiger partial charge on any atom is -0.480 e. The van der Waals surface area contributed by atoms with Crippen LogP contribution in [-0.4, -0.2) is 249 Å². The monoisotopic (exact) mass is 1560 g/mol. The van der Waals surface area contributed by atoms with Crippen LogP contribution in [0.25, 0.3) is 10.9 Å². The zero-order chi connectivity index (χ0) is 82.0. The molecule has 606 valence electrons. The quantitative estimate of drug-likeness (QED) is 0.0275. The minimum absolute atomic E-state index is 0.0207. The van der Waals surface area contributed by atoms with Gasteiger partial charge in [-0.25, -0.2) is 4.79 Å². The fourth-order valence-electron chi connectivity index (χ4n) is 10.6. The molecule has 13 atom stereocenters. The van der Waals surface area contributed by atoms with E-state index in [1.807, 2.05) is 0 Å². The lowest BCUT2D eigenvalue weighted by molar-refractivity contribution is -0.143. The van der Waals surface area contributed by atoms with E-state index in [4.69, 9.17) is 5.73 Å². The Morgan fingerprint density at radius 1 is 0.380 bits per heavy atom. The van der Waals surface area contributed by atoms with Gasteiger partial charge in [0.15, 0.2) is 0 Å². The van der Waals surface area contributed by atoms with Crippen LogP contribution in [0, 0.1) is 35.5 Å². The van der Waals surface area contributed by atoms with Crippen molar-refractivity contribution in [3.63, 3.8) is 0 Å². The second-order valence-electron chi connectivity index (χ2n) is 28.5. The van der Waals surface area contributed by atoms with Crippen molar-refractivity contribution in [2.24, 2.45) is 41.2 Å². The topological polar surface area (TPSA) is 576 Å². The van der Waals surface area contributed by atoms with Gasteiger partial charge in [0.2, 0.25) is 88.6 Å². The van der Waals surface area contributed by atoms with Crippen LogP contribution < -0.4 is 85.5 Å². The third-order valence-corrected chi connectivity index (χ3v) is 17.2. The van der Waals surface area contributed by atoms with Gasteiger partial charge in [0.1, 0.15) is 78.5 Å². The van der Waals surface area contributed by atoms with Crippen LogP contribution in [-0.2, 0) is 83.1 Å². The number of carbonyl (C=O) groups is 16. The predicted octanol–water partition coefficient (Wildman–Crippen LogP) is -5.36. The number of hydrogen-bond donors (Lipinski definition) is 23. The SMILES string of the molecule is CC(C)C[C@H](NC(=O)CNC(=O)[C@H](C)NC(=O)[C@H](CS)NC(=O)[C@H](CC(C)C)NC(=O)[C@H](CC(C)C)NC(=O)[C@H](CS)NC(=O)CNC(=O)[C@@H](NC(=O)[C@@H](N)CO)C(C)C)C(=O)NCC(=O)N[C@H](C(=O)N[C@@H](Cc1c[nH]c2ccccc12)C(=O)N[C@@H](CO)C(=O)N[C@@H](CC(C)C)C(=O)N[C@@H](CO)C(=O)O)C(C)C. The molecule has 2 rings (SSSR count). The van der Waals surface area contributed by atoms with E-state index in [2.05, 4.69) is 110 Å². The van der Waals surface area contributed by atoms with Crippen LogP contribution in [0.15, 0.2) is 30.5 Å². The summed E-state index contributed by atoms with van der Waals surface area (Å²) in [4.78, 5) is 217. The smallest absolute Gasteiger partial charge is 0.328 e. The Labute approximate surface area is 638 Å². The zero-order valence-electron chi connectivity index (χ0n) is 63.3. The van der Waals surface area contributed by atoms with Crippen molar-refractivity contribution < 1.29 is 97.1 Å². The Bertz CT molecular complexity index is 3410. The molecule has 0 aliphatic rings. The molecule has 39 heteroatoms. The van der Waals surface area contributed by atoms with Gasteiger partial charge in [-0.2, -0.15) is 25.3 Å². The van der Waals surface area contributed by atoms with Gasteiger partial charge in [0.05, 0.1) is 39.5 Å². The van der Waals surface area contributed by atoms with E-state index in [1.165, 1.54) is 6.92 Å². The molecule has 0 spiro atoms. The average molecular weight is 1560 g/mol. The van der Waals surface area contributed by atoms with E-state index in [1.54, 1.807) is 114 Å². The number of aliphatic carboxylic acids is 1. The molecule has 22 N–H and O–H groups in total. The van der Waals surface area contributed by atoms with Gasteiger partial charge >= 0.3 is 5.97 Å². The molecule has 0 saturated heterocycles. The summed E-state index contributed by atoms with van der Waals surface area (Å²) in [5.74, 6) is -17.1. The maximum Gasteiger partial charge on any atom is 0.328 e. The summed E-state index contributed by atoms with van der Waals surface area (Å²) < 4.78 is 0. The Kier molecular flexibility index (Phi) is 41.8. The second-order valence-corrected chi connectivity index (χ2v) is 29.2. The molecule has 0 unspecified atom stereocenters. The third-order valence-electron chi connectivity index (χ3n) is 16.4. The lowest BCUT2D eigenvalue weighted by Crippen LogP contribution is -2.61. The van der Waals surface area contributed by atoms with Crippen LogP contribution in [0.1, 0.15) is 121 Å². The molecule has 108 heavy (non-hydrogen) atoms.